The van der Waals surface area contributed by atoms with Gasteiger partial charge in [-0.05, 0) is 45.1 Å². The summed E-state index contributed by atoms with van der Waals surface area (Å²) in [5, 5.41) is 12.7. The second-order valence-corrected chi connectivity index (χ2v) is 10.1. The van der Waals surface area contributed by atoms with Crippen molar-refractivity contribution >= 4 is 45.4 Å². The van der Waals surface area contributed by atoms with Crippen molar-refractivity contribution in [3.8, 4) is 0 Å². The van der Waals surface area contributed by atoms with Crippen molar-refractivity contribution in [3.05, 3.63) is 69.5 Å². The molecule has 168 valence electrons. The minimum absolute atomic E-state index is 0.0292. The Balaban J connectivity index is 1.38. The lowest BCUT2D eigenvalue weighted by Crippen LogP contribution is -2.16. The molecular weight excluding hydrogens is 454 g/mol. The standard InChI is InChI=1S/C24H23N5O2S2/c1-14-12-19-27-28-24(29(19)15(2)25-14)32-13-20(30)26-23-21(17-10-6-7-11-18(17)33-23)22(31)16-8-4-3-5-9-16/h3-5,8-9,12H,6-7,10-11,13H2,1-2H3,(H,26,30). The van der Waals surface area contributed by atoms with Gasteiger partial charge in [-0.2, -0.15) is 0 Å². The SMILES string of the molecule is Cc1cc2nnc(SCC(=O)Nc3sc4c(c3C(=O)c3ccccc3)CCCC4)n2c(C)n1. The number of anilines is 1. The van der Waals surface area contributed by atoms with Crippen LogP contribution in [-0.4, -0.2) is 37.0 Å². The zero-order chi connectivity index (χ0) is 22.9. The van der Waals surface area contributed by atoms with Crippen LogP contribution in [-0.2, 0) is 17.6 Å². The van der Waals surface area contributed by atoms with E-state index in [1.807, 2.05) is 54.6 Å². The number of aryl methyl sites for hydroxylation is 3. The molecule has 0 aliphatic heterocycles. The van der Waals surface area contributed by atoms with E-state index in [0.29, 0.717) is 26.9 Å². The molecule has 0 fully saturated rings. The van der Waals surface area contributed by atoms with Crippen molar-refractivity contribution in [1.82, 2.24) is 19.6 Å². The van der Waals surface area contributed by atoms with E-state index in [1.165, 1.54) is 28.0 Å². The van der Waals surface area contributed by atoms with E-state index in [2.05, 4.69) is 20.5 Å². The Labute approximate surface area is 199 Å². The fourth-order valence-electron chi connectivity index (χ4n) is 4.22. The number of ketones is 1. The van der Waals surface area contributed by atoms with Gasteiger partial charge < -0.3 is 5.32 Å². The van der Waals surface area contributed by atoms with Crippen LogP contribution in [0.3, 0.4) is 0 Å². The van der Waals surface area contributed by atoms with Crippen LogP contribution in [0.5, 0.6) is 0 Å². The maximum Gasteiger partial charge on any atom is 0.235 e. The molecule has 0 spiro atoms. The zero-order valence-corrected chi connectivity index (χ0v) is 20.1. The van der Waals surface area contributed by atoms with Crippen molar-refractivity contribution in [2.24, 2.45) is 0 Å². The fourth-order valence-corrected chi connectivity index (χ4v) is 6.31. The molecule has 1 aliphatic carbocycles. The quantitative estimate of drug-likeness (QED) is 0.321. The Kier molecular flexibility index (Phi) is 5.99. The monoisotopic (exact) mass is 477 g/mol. The van der Waals surface area contributed by atoms with E-state index in [0.717, 1.165) is 42.8 Å². The van der Waals surface area contributed by atoms with E-state index >= 15 is 0 Å². The normalized spacial score (nSPS) is 13.2. The first-order valence-electron chi connectivity index (χ1n) is 10.9. The smallest absolute Gasteiger partial charge is 0.235 e. The Morgan fingerprint density at radius 1 is 1.12 bits per heavy atom. The van der Waals surface area contributed by atoms with Crippen molar-refractivity contribution < 1.29 is 9.59 Å². The first-order chi connectivity index (χ1) is 16.0. The lowest BCUT2D eigenvalue weighted by atomic mass is 9.92. The molecule has 0 atom stereocenters. The molecule has 7 nitrogen and oxygen atoms in total. The van der Waals surface area contributed by atoms with Crippen LogP contribution >= 0.6 is 23.1 Å². The molecule has 3 aromatic heterocycles. The van der Waals surface area contributed by atoms with E-state index in [4.69, 9.17) is 0 Å². The van der Waals surface area contributed by atoms with Crippen molar-refractivity contribution in [2.75, 3.05) is 11.1 Å². The number of carbonyl (C=O) groups excluding carboxylic acids is 2. The highest BCUT2D eigenvalue weighted by molar-refractivity contribution is 7.99. The molecule has 1 aromatic carbocycles. The van der Waals surface area contributed by atoms with Gasteiger partial charge in [-0.25, -0.2) is 4.98 Å². The van der Waals surface area contributed by atoms with Crippen LogP contribution in [0.4, 0.5) is 5.00 Å². The molecule has 0 saturated carbocycles. The minimum Gasteiger partial charge on any atom is -0.316 e. The van der Waals surface area contributed by atoms with E-state index in [1.54, 1.807) is 0 Å². The van der Waals surface area contributed by atoms with Crippen molar-refractivity contribution in [1.29, 1.82) is 0 Å². The number of benzene rings is 1. The van der Waals surface area contributed by atoms with Crippen LogP contribution in [0.1, 0.15) is 50.7 Å². The van der Waals surface area contributed by atoms with Crippen molar-refractivity contribution in [3.63, 3.8) is 0 Å². The first-order valence-corrected chi connectivity index (χ1v) is 12.7. The van der Waals surface area contributed by atoms with Gasteiger partial charge in [0, 0.05) is 22.2 Å². The molecule has 0 radical (unpaired) electrons. The molecule has 1 aliphatic rings. The summed E-state index contributed by atoms with van der Waals surface area (Å²) in [6, 6.07) is 11.1. The Bertz CT molecular complexity index is 1360. The second kappa shape index (κ2) is 9.07. The summed E-state index contributed by atoms with van der Waals surface area (Å²) in [5.74, 6) is 0.739. The number of rotatable bonds is 6. The predicted molar refractivity (Wildman–Crippen MR) is 130 cm³/mol. The van der Waals surface area contributed by atoms with E-state index < -0.39 is 0 Å². The van der Waals surface area contributed by atoms with Crippen LogP contribution in [0.25, 0.3) is 5.65 Å². The number of thiophene rings is 1. The number of nitrogens with zero attached hydrogens (tertiary/aromatic N) is 4. The third-order valence-corrected chi connectivity index (χ3v) is 7.81. The summed E-state index contributed by atoms with van der Waals surface area (Å²) >= 11 is 2.84. The largest absolute Gasteiger partial charge is 0.316 e. The highest BCUT2D eigenvalue weighted by atomic mass is 32.2. The molecule has 33 heavy (non-hydrogen) atoms. The van der Waals surface area contributed by atoms with Crippen LogP contribution in [0.15, 0.2) is 41.6 Å². The summed E-state index contributed by atoms with van der Waals surface area (Å²) in [4.78, 5) is 31.9. The minimum atomic E-state index is -0.171. The third-order valence-electron chi connectivity index (χ3n) is 5.68. The summed E-state index contributed by atoms with van der Waals surface area (Å²) in [7, 11) is 0. The molecule has 0 unspecified atom stereocenters. The highest BCUT2D eigenvalue weighted by Crippen LogP contribution is 2.39. The highest BCUT2D eigenvalue weighted by Gasteiger charge is 2.27. The summed E-state index contributed by atoms with van der Waals surface area (Å²) in [6.45, 7) is 3.81. The van der Waals surface area contributed by atoms with Crippen LogP contribution < -0.4 is 5.32 Å². The molecule has 0 bridgehead atoms. The summed E-state index contributed by atoms with van der Waals surface area (Å²) in [5.41, 5.74) is 3.98. The number of nitrogens with one attached hydrogen (secondary N) is 1. The van der Waals surface area contributed by atoms with Crippen molar-refractivity contribution in [2.45, 2.75) is 44.7 Å². The summed E-state index contributed by atoms with van der Waals surface area (Å²) < 4.78 is 1.85. The predicted octanol–water partition coefficient (Wildman–Crippen LogP) is 4.64. The Morgan fingerprint density at radius 2 is 1.91 bits per heavy atom. The molecule has 3 heterocycles. The topological polar surface area (TPSA) is 89.2 Å². The molecule has 1 N–H and O–H groups in total. The number of amides is 1. The Morgan fingerprint density at radius 3 is 2.73 bits per heavy atom. The fraction of sp³-hybridized carbons (Fsp3) is 0.292. The van der Waals surface area contributed by atoms with E-state index in [-0.39, 0.29) is 17.4 Å². The first kappa shape index (κ1) is 21.8. The van der Waals surface area contributed by atoms with Gasteiger partial charge in [-0.3, -0.25) is 14.0 Å². The molecule has 4 aromatic rings. The summed E-state index contributed by atoms with van der Waals surface area (Å²) in [6.07, 6.45) is 4.01. The number of hydrogen-bond donors (Lipinski definition) is 1. The molecule has 1 amide bonds. The molecule has 9 heteroatoms. The average Bonchev–Trinajstić information content (AvgIpc) is 3.38. The Hall–Kier alpha value is -3.04. The number of carbonyl (C=O) groups is 2. The lowest BCUT2D eigenvalue weighted by molar-refractivity contribution is -0.113. The van der Waals surface area contributed by atoms with Crippen LogP contribution in [0, 0.1) is 13.8 Å². The number of aromatic nitrogens is 4. The zero-order valence-electron chi connectivity index (χ0n) is 18.4. The number of fused-ring (bicyclic) bond motifs is 2. The number of hydrogen-bond acceptors (Lipinski definition) is 7. The van der Waals surface area contributed by atoms with Gasteiger partial charge >= 0.3 is 0 Å². The molecular formula is C24H23N5O2S2. The average molecular weight is 478 g/mol. The van der Waals surface area contributed by atoms with Gasteiger partial charge in [0.2, 0.25) is 5.91 Å². The maximum atomic E-state index is 13.4. The maximum absolute atomic E-state index is 13.4. The lowest BCUT2D eigenvalue weighted by Gasteiger charge is -2.12. The molecule has 5 rings (SSSR count). The molecule has 0 saturated heterocycles. The second-order valence-electron chi connectivity index (χ2n) is 8.07. The van der Waals surface area contributed by atoms with Gasteiger partial charge in [0.15, 0.2) is 16.6 Å². The number of thioether (sulfide) groups is 1. The third kappa shape index (κ3) is 4.30. The van der Waals surface area contributed by atoms with Gasteiger partial charge in [-0.1, -0.05) is 42.1 Å². The van der Waals surface area contributed by atoms with Gasteiger partial charge in [0.25, 0.3) is 0 Å². The van der Waals surface area contributed by atoms with Gasteiger partial charge in [0.1, 0.15) is 10.8 Å². The van der Waals surface area contributed by atoms with E-state index in [9.17, 15) is 9.59 Å². The van der Waals surface area contributed by atoms with Crippen LogP contribution in [0.2, 0.25) is 0 Å². The van der Waals surface area contributed by atoms with Gasteiger partial charge in [-0.15, -0.1) is 21.5 Å². The van der Waals surface area contributed by atoms with Gasteiger partial charge in [0.05, 0.1) is 11.3 Å².